The molecular weight excluding hydrogens is 394 g/mol. The molecule has 4 rings (SSSR count). The Morgan fingerprint density at radius 3 is 2.55 bits per heavy atom. The highest BCUT2D eigenvalue weighted by atomic mass is 16.5. The molecule has 4 heterocycles. The van der Waals surface area contributed by atoms with Gasteiger partial charge in [-0.15, -0.1) is 0 Å². The zero-order chi connectivity index (χ0) is 22.1. The van der Waals surface area contributed by atoms with Crippen molar-refractivity contribution in [2.75, 3.05) is 44.2 Å². The van der Waals surface area contributed by atoms with Gasteiger partial charge in [-0.05, 0) is 46.5 Å². The number of esters is 1. The molecule has 2 atom stereocenters. The molecule has 0 spiro atoms. The van der Waals surface area contributed by atoms with Crippen LogP contribution in [-0.4, -0.2) is 77.2 Å². The summed E-state index contributed by atoms with van der Waals surface area (Å²) < 4.78 is 13.0. The molecule has 2 aromatic rings. The molecule has 0 saturated carbocycles. The minimum atomic E-state index is -0.312. The molecule has 31 heavy (non-hydrogen) atoms. The van der Waals surface area contributed by atoms with Crippen molar-refractivity contribution in [3.05, 3.63) is 17.5 Å². The van der Waals surface area contributed by atoms with Gasteiger partial charge in [0.15, 0.2) is 5.65 Å². The number of carbonyl (C=O) groups excluding carboxylic acids is 1. The number of fused-ring (bicyclic) bond motifs is 1. The van der Waals surface area contributed by atoms with Crippen LogP contribution in [0.2, 0.25) is 0 Å². The van der Waals surface area contributed by atoms with Crippen LogP contribution in [0.1, 0.15) is 49.7 Å². The number of piperidine rings is 1. The molecule has 0 aromatic carbocycles. The Morgan fingerprint density at radius 2 is 1.90 bits per heavy atom. The van der Waals surface area contributed by atoms with E-state index in [1.807, 2.05) is 20.9 Å². The molecule has 170 valence electrons. The molecule has 2 saturated heterocycles. The molecule has 0 radical (unpaired) electrons. The van der Waals surface area contributed by atoms with Crippen LogP contribution in [0.3, 0.4) is 0 Å². The molecule has 0 N–H and O–H groups in total. The van der Waals surface area contributed by atoms with E-state index in [0.29, 0.717) is 30.3 Å². The summed E-state index contributed by atoms with van der Waals surface area (Å²) in [4.78, 5) is 22.1. The van der Waals surface area contributed by atoms with Crippen molar-refractivity contribution in [1.29, 1.82) is 0 Å². The molecule has 2 aliphatic heterocycles. The number of hydrogen-bond acceptors (Lipinski definition) is 7. The number of morpholine rings is 1. The highest BCUT2D eigenvalue weighted by molar-refractivity contribution is 6.05. The van der Waals surface area contributed by atoms with Gasteiger partial charge in [0.25, 0.3) is 0 Å². The van der Waals surface area contributed by atoms with Gasteiger partial charge in [-0.1, -0.05) is 0 Å². The molecule has 2 fully saturated rings. The first-order chi connectivity index (χ1) is 14.9. The smallest absolute Gasteiger partial charge is 0.341 e. The highest BCUT2D eigenvalue weighted by Gasteiger charge is 2.30. The maximum Gasteiger partial charge on any atom is 0.341 e. The van der Waals surface area contributed by atoms with Crippen molar-refractivity contribution in [2.24, 2.45) is 13.0 Å². The molecule has 0 bridgehead atoms. The van der Waals surface area contributed by atoms with E-state index in [9.17, 15) is 4.79 Å². The number of hydrogen-bond donors (Lipinski definition) is 0. The number of rotatable bonds is 5. The Bertz CT molecular complexity index is 925. The quantitative estimate of drug-likeness (QED) is 0.677. The molecule has 8 heteroatoms. The Labute approximate surface area is 184 Å². The molecule has 0 amide bonds. The van der Waals surface area contributed by atoms with E-state index >= 15 is 0 Å². The van der Waals surface area contributed by atoms with Gasteiger partial charge in [-0.3, -0.25) is 9.58 Å². The summed E-state index contributed by atoms with van der Waals surface area (Å²) in [7, 11) is 1.90. The summed E-state index contributed by atoms with van der Waals surface area (Å²) in [6.45, 7) is 13.5. The van der Waals surface area contributed by atoms with Crippen LogP contribution in [0.4, 0.5) is 5.69 Å². The molecule has 0 aliphatic carbocycles. The average molecular weight is 430 g/mol. The molecule has 2 aromatic heterocycles. The first-order valence-corrected chi connectivity index (χ1v) is 11.5. The number of aromatic nitrogens is 3. The van der Waals surface area contributed by atoms with Crippen LogP contribution < -0.4 is 4.90 Å². The summed E-state index contributed by atoms with van der Waals surface area (Å²) in [5, 5.41) is 5.52. The van der Waals surface area contributed by atoms with Crippen molar-refractivity contribution in [3.63, 3.8) is 0 Å². The SMILES string of the molecule is CCOC(=O)c1cnc2c(c(C)nn2C)c1N1CCC(CN2CC(C)OC(C)C2)CC1. The number of carbonyl (C=O) groups is 1. The van der Waals surface area contributed by atoms with Crippen molar-refractivity contribution in [1.82, 2.24) is 19.7 Å². The lowest BCUT2D eigenvalue weighted by Crippen LogP contribution is -2.48. The van der Waals surface area contributed by atoms with Crippen LogP contribution in [0.25, 0.3) is 11.0 Å². The third-order valence-corrected chi connectivity index (χ3v) is 6.44. The van der Waals surface area contributed by atoms with Crippen molar-refractivity contribution < 1.29 is 14.3 Å². The number of aryl methyl sites for hydroxylation is 2. The number of nitrogens with zero attached hydrogens (tertiary/aromatic N) is 5. The van der Waals surface area contributed by atoms with Gasteiger partial charge >= 0.3 is 5.97 Å². The number of ether oxygens (including phenoxy) is 2. The molecule has 2 aliphatic rings. The molecule has 8 nitrogen and oxygen atoms in total. The second-order valence-electron chi connectivity index (χ2n) is 9.05. The summed E-state index contributed by atoms with van der Waals surface area (Å²) in [6, 6.07) is 0. The second kappa shape index (κ2) is 9.12. The van der Waals surface area contributed by atoms with Crippen LogP contribution in [0, 0.1) is 12.8 Å². The topological polar surface area (TPSA) is 72.7 Å². The Balaban J connectivity index is 1.54. The zero-order valence-corrected chi connectivity index (χ0v) is 19.4. The summed E-state index contributed by atoms with van der Waals surface area (Å²) in [6.07, 6.45) is 4.46. The van der Waals surface area contributed by atoms with Gasteiger partial charge in [0.05, 0.1) is 35.6 Å². The van der Waals surface area contributed by atoms with E-state index < -0.39 is 0 Å². The number of pyridine rings is 1. The standard InChI is InChI=1S/C23H35N5O3/c1-6-30-23(29)19-11-24-22-20(17(4)25-26(22)5)21(19)28-9-7-18(8-10-28)14-27-12-15(2)31-16(3)13-27/h11,15-16,18H,6-10,12-14H2,1-5H3. The summed E-state index contributed by atoms with van der Waals surface area (Å²) >= 11 is 0. The minimum absolute atomic E-state index is 0.301. The van der Waals surface area contributed by atoms with E-state index in [1.54, 1.807) is 10.9 Å². The molecule has 2 unspecified atom stereocenters. The second-order valence-corrected chi connectivity index (χ2v) is 9.05. The third-order valence-electron chi connectivity index (χ3n) is 6.44. The van der Waals surface area contributed by atoms with Gasteiger partial charge in [0.1, 0.15) is 5.56 Å². The van der Waals surface area contributed by atoms with Gasteiger partial charge in [-0.2, -0.15) is 5.10 Å². The lowest BCUT2D eigenvalue weighted by Gasteiger charge is -2.40. The average Bonchev–Trinajstić information content (AvgIpc) is 3.01. The predicted octanol–water partition coefficient (Wildman–Crippen LogP) is 2.78. The normalized spacial score (nSPS) is 23.5. The van der Waals surface area contributed by atoms with Crippen molar-refractivity contribution in [2.45, 2.75) is 52.7 Å². The van der Waals surface area contributed by atoms with Crippen LogP contribution in [0.5, 0.6) is 0 Å². The zero-order valence-electron chi connectivity index (χ0n) is 19.4. The van der Waals surface area contributed by atoms with E-state index in [2.05, 4.69) is 33.7 Å². The Hall–Kier alpha value is -2.19. The van der Waals surface area contributed by atoms with Crippen LogP contribution in [-0.2, 0) is 16.5 Å². The number of anilines is 1. The lowest BCUT2D eigenvalue weighted by molar-refractivity contribution is -0.0720. The summed E-state index contributed by atoms with van der Waals surface area (Å²) in [5.74, 6) is 0.348. The first-order valence-electron chi connectivity index (χ1n) is 11.5. The fraction of sp³-hybridized carbons (Fsp3) is 0.696. The van der Waals surface area contributed by atoms with Crippen molar-refractivity contribution in [3.8, 4) is 0 Å². The van der Waals surface area contributed by atoms with Gasteiger partial charge in [0.2, 0.25) is 0 Å². The van der Waals surface area contributed by atoms with E-state index in [4.69, 9.17) is 9.47 Å². The molecular formula is C23H35N5O3. The monoisotopic (exact) mass is 429 g/mol. The predicted molar refractivity (Wildman–Crippen MR) is 121 cm³/mol. The third kappa shape index (κ3) is 4.55. The maximum atomic E-state index is 12.7. The summed E-state index contributed by atoms with van der Waals surface area (Å²) in [5.41, 5.74) is 3.17. The fourth-order valence-corrected chi connectivity index (χ4v) is 5.22. The lowest BCUT2D eigenvalue weighted by atomic mass is 9.94. The van der Waals surface area contributed by atoms with Crippen LogP contribution >= 0.6 is 0 Å². The van der Waals surface area contributed by atoms with Crippen molar-refractivity contribution >= 4 is 22.7 Å². The largest absolute Gasteiger partial charge is 0.462 e. The van der Waals surface area contributed by atoms with E-state index in [-0.39, 0.29) is 5.97 Å². The van der Waals surface area contributed by atoms with Gasteiger partial charge in [0, 0.05) is 46.0 Å². The van der Waals surface area contributed by atoms with E-state index in [0.717, 1.165) is 68.0 Å². The highest BCUT2D eigenvalue weighted by Crippen LogP contribution is 2.35. The van der Waals surface area contributed by atoms with Gasteiger partial charge in [-0.25, -0.2) is 9.78 Å². The Kier molecular flexibility index (Phi) is 6.48. The minimum Gasteiger partial charge on any atom is -0.462 e. The van der Waals surface area contributed by atoms with Crippen LogP contribution in [0.15, 0.2) is 6.20 Å². The fourth-order valence-electron chi connectivity index (χ4n) is 5.22. The van der Waals surface area contributed by atoms with Gasteiger partial charge < -0.3 is 14.4 Å². The Morgan fingerprint density at radius 1 is 1.23 bits per heavy atom. The maximum absolute atomic E-state index is 12.7. The van der Waals surface area contributed by atoms with E-state index in [1.165, 1.54) is 0 Å². The first kappa shape index (κ1) is 22.0.